The van der Waals surface area contributed by atoms with Crippen molar-refractivity contribution in [1.29, 1.82) is 0 Å². The molecular weight excluding hydrogens is 334 g/mol. The molecule has 0 radical (unpaired) electrons. The smallest absolute Gasteiger partial charge is 0.255 e. The quantitative estimate of drug-likeness (QED) is 0.796. The van der Waals surface area contributed by atoms with Crippen molar-refractivity contribution in [3.05, 3.63) is 32.7 Å². The molecule has 0 N–H and O–H groups in total. The van der Waals surface area contributed by atoms with Crippen LogP contribution in [-0.4, -0.2) is 23.9 Å². The summed E-state index contributed by atoms with van der Waals surface area (Å²) in [5.41, 5.74) is 0.726. The van der Waals surface area contributed by atoms with Crippen LogP contribution in [0.4, 0.5) is 0 Å². The van der Waals surface area contributed by atoms with Crippen molar-refractivity contribution < 1.29 is 4.79 Å². The van der Waals surface area contributed by atoms with Crippen LogP contribution in [0.3, 0.4) is 0 Å². The lowest BCUT2D eigenvalue weighted by Gasteiger charge is -2.35. The van der Waals surface area contributed by atoms with Crippen molar-refractivity contribution >= 4 is 37.8 Å². The molecule has 2 rings (SSSR count). The van der Waals surface area contributed by atoms with E-state index in [1.54, 1.807) is 0 Å². The number of hydrogen-bond donors (Lipinski definition) is 0. The van der Waals surface area contributed by atoms with Gasteiger partial charge in [-0.05, 0) is 53.4 Å². The molecule has 0 heterocycles. The van der Waals surface area contributed by atoms with Gasteiger partial charge >= 0.3 is 0 Å². The summed E-state index contributed by atoms with van der Waals surface area (Å²) in [6.07, 6.45) is 3.50. The van der Waals surface area contributed by atoms with Crippen LogP contribution in [0.2, 0.25) is 0 Å². The van der Waals surface area contributed by atoms with Gasteiger partial charge in [0.15, 0.2) is 0 Å². The number of halogens is 2. The Hall–Kier alpha value is -0.350. The molecule has 86 valence electrons. The fourth-order valence-corrected chi connectivity index (χ4v) is 2.57. The molecule has 0 saturated heterocycles. The van der Waals surface area contributed by atoms with Gasteiger partial charge in [0.05, 0.1) is 5.56 Å². The SMILES string of the molecule is CN(C(=O)c1cc(Br)ccc1Br)C1CCC1. The summed E-state index contributed by atoms with van der Waals surface area (Å²) in [6.45, 7) is 0. The third-order valence-corrected chi connectivity index (χ3v) is 4.29. The first-order valence-corrected chi connectivity index (χ1v) is 6.90. The van der Waals surface area contributed by atoms with E-state index < -0.39 is 0 Å². The van der Waals surface area contributed by atoms with Gasteiger partial charge in [0.1, 0.15) is 0 Å². The first-order valence-electron chi connectivity index (χ1n) is 5.32. The van der Waals surface area contributed by atoms with Crippen molar-refractivity contribution in [2.75, 3.05) is 7.05 Å². The molecule has 0 atom stereocenters. The molecule has 0 spiro atoms. The van der Waals surface area contributed by atoms with Crippen LogP contribution < -0.4 is 0 Å². The maximum Gasteiger partial charge on any atom is 0.255 e. The normalized spacial score (nSPS) is 15.7. The molecule has 1 saturated carbocycles. The average molecular weight is 347 g/mol. The molecule has 1 aromatic carbocycles. The monoisotopic (exact) mass is 345 g/mol. The van der Waals surface area contributed by atoms with Gasteiger partial charge in [-0.25, -0.2) is 0 Å². The van der Waals surface area contributed by atoms with Crippen molar-refractivity contribution in [3.63, 3.8) is 0 Å². The lowest BCUT2D eigenvalue weighted by atomic mass is 9.91. The third kappa shape index (κ3) is 2.33. The van der Waals surface area contributed by atoms with Gasteiger partial charge < -0.3 is 4.90 Å². The summed E-state index contributed by atoms with van der Waals surface area (Å²) in [5.74, 6) is 0.0953. The maximum atomic E-state index is 12.2. The summed E-state index contributed by atoms with van der Waals surface area (Å²) >= 11 is 6.81. The fourth-order valence-electron chi connectivity index (χ4n) is 1.79. The molecule has 16 heavy (non-hydrogen) atoms. The molecule has 0 unspecified atom stereocenters. The predicted octanol–water partition coefficient (Wildman–Crippen LogP) is 3.84. The lowest BCUT2D eigenvalue weighted by molar-refractivity contribution is 0.0651. The number of hydrogen-bond acceptors (Lipinski definition) is 1. The van der Waals surface area contributed by atoms with E-state index in [0.29, 0.717) is 6.04 Å². The lowest BCUT2D eigenvalue weighted by Crippen LogP contribution is -2.41. The Morgan fingerprint density at radius 1 is 1.38 bits per heavy atom. The second-order valence-electron chi connectivity index (χ2n) is 4.12. The number of carbonyl (C=O) groups is 1. The van der Waals surface area contributed by atoms with E-state index in [0.717, 1.165) is 27.4 Å². The Kier molecular flexibility index (Phi) is 3.70. The van der Waals surface area contributed by atoms with Gasteiger partial charge in [-0.3, -0.25) is 4.79 Å². The molecule has 1 fully saturated rings. The molecule has 2 nitrogen and oxygen atoms in total. The molecule has 1 aliphatic carbocycles. The number of benzene rings is 1. The highest BCUT2D eigenvalue weighted by molar-refractivity contribution is 9.11. The summed E-state index contributed by atoms with van der Waals surface area (Å²) in [7, 11) is 1.89. The van der Waals surface area contributed by atoms with Gasteiger partial charge in [-0.2, -0.15) is 0 Å². The van der Waals surface area contributed by atoms with E-state index in [9.17, 15) is 4.79 Å². The third-order valence-electron chi connectivity index (χ3n) is 3.10. The highest BCUT2D eigenvalue weighted by Crippen LogP contribution is 2.28. The predicted molar refractivity (Wildman–Crippen MR) is 71.6 cm³/mol. The van der Waals surface area contributed by atoms with E-state index in [4.69, 9.17) is 0 Å². The minimum absolute atomic E-state index is 0.0953. The van der Waals surface area contributed by atoms with Crippen LogP contribution in [0, 0.1) is 0 Å². The van der Waals surface area contributed by atoms with E-state index >= 15 is 0 Å². The van der Waals surface area contributed by atoms with Gasteiger partial charge in [0.25, 0.3) is 5.91 Å². The summed E-state index contributed by atoms with van der Waals surface area (Å²) in [4.78, 5) is 14.1. The largest absolute Gasteiger partial charge is 0.339 e. The first kappa shape index (κ1) is 12.1. The van der Waals surface area contributed by atoms with Gasteiger partial charge in [0.2, 0.25) is 0 Å². The van der Waals surface area contributed by atoms with Crippen molar-refractivity contribution in [3.8, 4) is 0 Å². The number of amides is 1. The second-order valence-corrected chi connectivity index (χ2v) is 5.89. The number of rotatable bonds is 2. The molecule has 0 aromatic heterocycles. The highest BCUT2D eigenvalue weighted by atomic mass is 79.9. The molecule has 1 aromatic rings. The average Bonchev–Trinajstić information content (AvgIpc) is 2.18. The zero-order valence-electron chi connectivity index (χ0n) is 9.04. The van der Waals surface area contributed by atoms with E-state index in [1.807, 2.05) is 30.1 Å². The van der Waals surface area contributed by atoms with Gasteiger partial charge in [-0.15, -0.1) is 0 Å². The Labute approximate surface area is 112 Å². The highest BCUT2D eigenvalue weighted by Gasteiger charge is 2.27. The Balaban J connectivity index is 2.22. The van der Waals surface area contributed by atoms with E-state index in [2.05, 4.69) is 31.9 Å². The molecule has 1 amide bonds. The van der Waals surface area contributed by atoms with Crippen molar-refractivity contribution in [1.82, 2.24) is 4.90 Å². The van der Waals surface area contributed by atoms with E-state index in [-0.39, 0.29) is 5.91 Å². The van der Waals surface area contributed by atoms with Crippen LogP contribution in [0.15, 0.2) is 27.1 Å². The van der Waals surface area contributed by atoms with Crippen molar-refractivity contribution in [2.24, 2.45) is 0 Å². The zero-order valence-corrected chi connectivity index (χ0v) is 12.2. The summed E-state index contributed by atoms with van der Waals surface area (Å²) < 4.78 is 1.79. The van der Waals surface area contributed by atoms with Crippen LogP contribution in [0.5, 0.6) is 0 Å². The maximum absolute atomic E-state index is 12.2. The van der Waals surface area contributed by atoms with Crippen LogP contribution in [0.1, 0.15) is 29.6 Å². The molecule has 0 aliphatic heterocycles. The van der Waals surface area contributed by atoms with Crippen LogP contribution in [0.25, 0.3) is 0 Å². The number of carbonyl (C=O) groups excluding carboxylic acids is 1. The van der Waals surface area contributed by atoms with Gasteiger partial charge in [-0.1, -0.05) is 15.9 Å². The van der Waals surface area contributed by atoms with Gasteiger partial charge in [0, 0.05) is 22.0 Å². The molecule has 0 bridgehead atoms. The standard InChI is InChI=1S/C12H13Br2NO/c1-15(9-3-2-4-9)12(16)10-7-8(13)5-6-11(10)14/h5-7,9H,2-4H2,1H3. The fraction of sp³-hybridized carbons (Fsp3) is 0.417. The molecule has 1 aliphatic rings. The second kappa shape index (κ2) is 4.88. The van der Waals surface area contributed by atoms with E-state index in [1.165, 1.54) is 6.42 Å². The molecular formula is C12H13Br2NO. The van der Waals surface area contributed by atoms with Crippen LogP contribution in [-0.2, 0) is 0 Å². The Morgan fingerprint density at radius 2 is 2.06 bits per heavy atom. The summed E-state index contributed by atoms with van der Waals surface area (Å²) in [6, 6.07) is 6.11. The van der Waals surface area contributed by atoms with Crippen molar-refractivity contribution in [2.45, 2.75) is 25.3 Å². The Bertz CT molecular complexity index is 415. The number of nitrogens with zero attached hydrogens (tertiary/aromatic N) is 1. The Morgan fingerprint density at radius 3 is 2.62 bits per heavy atom. The zero-order chi connectivity index (χ0) is 11.7. The topological polar surface area (TPSA) is 20.3 Å². The minimum atomic E-state index is 0.0953. The van der Waals surface area contributed by atoms with Crippen LogP contribution >= 0.6 is 31.9 Å². The molecule has 4 heteroatoms. The first-order chi connectivity index (χ1) is 7.59. The summed E-state index contributed by atoms with van der Waals surface area (Å²) in [5, 5.41) is 0. The minimum Gasteiger partial charge on any atom is -0.339 e.